The maximum Gasteiger partial charge on any atom is 0.324 e. The van der Waals surface area contributed by atoms with Crippen LogP contribution in [0.2, 0.25) is 0 Å². The van der Waals surface area contributed by atoms with Crippen molar-refractivity contribution >= 4 is 37.9 Å². The third-order valence-electron chi connectivity index (χ3n) is 5.05. The van der Waals surface area contributed by atoms with Crippen molar-refractivity contribution in [3.8, 4) is 5.69 Å². The van der Waals surface area contributed by atoms with Gasteiger partial charge in [0.25, 0.3) is 0 Å². The van der Waals surface area contributed by atoms with E-state index in [1.807, 2.05) is 47.3 Å². The van der Waals surface area contributed by atoms with Crippen molar-refractivity contribution in [2.24, 2.45) is 5.92 Å². The highest BCUT2D eigenvalue weighted by molar-refractivity contribution is 7.89. The fourth-order valence-electron chi connectivity index (χ4n) is 3.40. The summed E-state index contributed by atoms with van der Waals surface area (Å²) in [6.45, 7) is 3.49. The second-order valence-electron chi connectivity index (χ2n) is 7.40. The maximum atomic E-state index is 12.9. The van der Waals surface area contributed by atoms with E-state index >= 15 is 0 Å². The standard InChI is InChI=1S/C22H22N2O5S/c1-14(2)21(22(25)28-3)23-30(26,27)16-7-9-18-17-8-6-15(24-10-4-5-11-24)12-19(17)29-20(18)13-16/h4-14,21,23H,1-3H3/t21-/m0/s1. The average Bonchev–Trinajstić information content (AvgIpc) is 3.38. The molecule has 0 unspecified atom stereocenters. The summed E-state index contributed by atoms with van der Waals surface area (Å²) in [7, 11) is -2.72. The highest BCUT2D eigenvalue weighted by atomic mass is 32.2. The van der Waals surface area contributed by atoms with Crippen LogP contribution < -0.4 is 4.72 Å². The summed E-state index contributed by atoms with van der Waals surface area (Å²) in [6.07, 6.45) is 3.87. The molecule has 2 heterocycles. The zero-order valence-corrected chi connectivity index (χ0v) is 17.6. The Kier molecular flexibility index (Phi) is 5.13. The van der Waals surface area contributed by atoms with Gasteiger partial charge in [0.2, 0.25) is 10.0 Å². The largest absolute Gasteiger partial charge is 0.468 e. The van der Waals surface area contributed by atoms with Crippen molar-refractivity contribution in [2.75, 3.05) is 7.11 Å². The molecule has 8 heteroatoms. The molecule has 1 atom stereocenters. The monoisotopic (exact) mass is 426 g/mol. The number of benzene rings is 2. The Balaban J connectivity index is 1.73. The molecule has 0 fully saturated rings. The first-order valence-electron chi connectivity index (χ1n) is 9.50. The van der Waals surface area contributed by atoms with Crippen molar-refractivity contribution in [3.63, 3.8) is 0 Å². The SMILES string of the molecule is COC(=O)[C@@H](NS(=O)(=O)c1ccc2c(c1)oc1cc(-n3cccc3)ccc12)C(C)C. The predicted octanol–water partition coefficient (Wildman–Crippen LogP) is 3.85. The summed E-state index contributed by atoms with van der Waals surface area (Å²) in [4.78, 5) is 12.0. The highest BCUT2D eigenvalue weighted by Crippen LogP contribution is 2.32. The number of hydrogen-bond acceptors (Lipinski definition) is 5. The van der Waals surface area contributed by atoms with Crippen molar-refractivity contribution in [1.82, 2.24) is 9.29 Å². The molecule has 2 aromatic carbocycles. The van der Waals surface area contributed by atoms with Gasteiger partial charge in [-0.15, -0.1) is 0 Å². The van der Waals surface area contributed by atoms with Crippen LogP contribution in [0.5, 0.6) is 0 Å². The van der Waals surface area contributed by atoms with Gasteiger partial charge >= 0.3 is 5.97 Å². The summed E-state index contributed by atoms with van der Waals surface area (Å²) in [5.41, 5.74) is 2.06. The first-order valence-corrected chi connectivity index (χ1v) is 11.0. The fourth-order valence-corrected chi connectivity index (χ4v) is 4.75. The van der Waals surface area contributed by atoms with E-state index < -0.39 is 22.0 Å². The van der Waals surface area contributed by atoms with E-state index in [0.717, 1.165) is 16.5 Å². The molecule has 0 aliphatic carbocycles. The number of methoxy groups -OCH3 is 1. The molecular weight excluding hydrogens is 404 g/mol. The summed E-state index contributed by atoms with van der Waals surface area (Å²) in [6, 6.07) is 13.4. The van der Waals surface area contributed by atoms with E-state index in [-0.39, 0.29) is 10.8 Å². The van der Waals surface area contributed by atoms with Gasteiger partial charge in [-0.1, -0.05) is 13.8 Å². The number of fused-ring (bicyclic) bond motifs is 3. The van der Waals surface area contributed by atoms with Crippen molar-refractivity contribution in [3.05, 3.63) is 60.9 Å². The molecule has 1 N–H and O–H groups in total. The number of carbonyl (C=O) groups excluding carboxylic acids is 1. The van der Waals surface area contributed by atoms with Gasteiger partial charge in [-0.25, -0.2) is 8.42 Å². The maximum absolute atomic E-state index is 12.9. The van der Waals surface area contributed by atoms with Crippen LogP contribution in [-0.2, 0) is 19.6 Å². The van der Waals surface area contributed by atoms with Crippen LogP contribution in [0, 0.1) is 5.92 Å². The Morgan fingerprint density at radius 2 is 1.67 bits per heavy atom. The smallest absolute Gasteiger partial charge is 0.324 e. The fraction of sp³-hybridized carbons (Fsp3) is 0.227. The number of furan rings is 1. The minimum Gasteiger partial charge on any atom is -0.468 e. The molecule has 0 amide bonds. The van der Waals surface area contributed by atoms with Crippen LogP contribution in [-0.4, -0.2) is 32.1 Å². The lowest BCUT2D eigenvalue weighted by atomic mass is 10.1. The number of hydrogen-bond donors (Lipinski definition) is 1. The molecule has 0 aliphatic heterocycles. The molecule has 0 radical (unpaired) electrons. The van der Waals surface area contributed by atoms with Gasteiger partial charge < -0.3 is 13.7 Å². The summed E-state index contributed by atoms with van der Waals surface area (Å²) in [5, 5.41) is 1.71. The van der Waals surface area contributed by atoms with Crippen LogP contribution in [0.4, 0.5) is 0 Å². The third kappa shape index (κ3) is 3.59. The second-order valence-corrected chi connectivity index (χ2v) is 9.11. The van der Waals surface area contributed by atoms with Crippen LogP contribution in [0.3, 0.4) is 0 Å². The normalized spacial score (nSPS) is 13.2. The molecular formula is C22H22N2O5S. The Bertz CT molecular complexity index is 1320. The molecule has 2 aromatic heterocycles. The van der Waals surface area contributed by atoms with Crippen molar-refractivity contribution in [2.45, 2.75) is 24.8 Å². The first kappa shape index (κ1) is 20.2. The number of carbonyl (C=O) groups is 1. The Labute approximate surface area is 174 Å². The molecule has 7 nitrogen and oxygen atoms in total. The van der Waals surface area contributed by atoms with E-state index in [4.69, 9.17) is 9.15 Å². The van der Waals surface area contributed by atoms with Crippen LogP contribution in [0.25, 0.3) is 27.6 Å². The van der Waals surface area contributed by atoms with Crippen LogP contribution in [0.1, 0.15) is 13.8 Å². The Hall–Kier alpha value is -3.10. The number of ether oxygens (including phenoxy) is 1. The van der Waals surface area contributed by atoms with Gasteiger partial charge in [0.05, 0.1) is 12.0 Å². The number of rotatable bonds is 6. The lowest BCUT2D eigenvalue weighted by Gasteiger charge is -2.19. The number of sulfonamides is 1. The summed E-state index contributed by atoms with van der Waals surface area (Å²) < 4.78 is 40.8. The molecule has 0 aliphatic rings. The van der Waals surface area contributed by atoms with E-state index in [1.54, 1.807) is 19.9 Å². The number of aromatic nitrogens is 1. The van der Waals surface area contributed by atoms with Gasteiger partial charge in [0.15, 0.2) is 0 Å². The summed E-state index contributed by atoms with van der Waals surface area (Å²) >= 11 is 0. The van der Waals surface area contributed by atoms with E-state index in [2.05, 4.69) is 4.72 Å². The lowest BCUT2D eigenvalue weighted by molar-refractivity contribution is -0.143. The Morgan fingerprint density at radius 3 is 2.30 bits per heavy atom. The van der Waals surface area contributed by atoms with Gasteiger partial charge in [0.1, 0.15) is 17.2 Å². The first-order chi connectivity index (χ1) is 14.3. The van der Waals surface area contributed by atoms with Crippen LogP contribution >= 0.6 is 0 Å². The van der Waals surface area contributed by atoms with E-state index in [0.29, 0.717) is 11.2 Å². The molecule has 4 rings (SSSR count). The molecule has 30 heavy (non-hydrogen) atoms. The second kappa shape index (κ2) is 7.62. The number of nitrogens with one attached hydrogen (secondary N) is 1. The highest BCUT2D eigenvalue weighted by Gasteiger charge is 2.29. The Morgan fingerprint density at radius 1 is 1.03 bits per heavy atom. The molecule has 0 saturated carbocycles. The zero-order valence-electron chi connectivity index (χ0n) is 16.8. The van der Waals surface area contributed by atoms with Crippen molar-refractivity contribution in [1.29, 1.82) is 0 Å². The van der Waals surface area contributed by atoms with Gasteiger partial charge in [-0.05, 0) is 42.3 Å². The van der Waals surface area contributed by atoms with E-state index in [1.165, 1.54) is 19.2 Å². The minimum atomic E-state index is -3.95. The molecule has 0 bridgehead atoms. The van der Waals surface area contributed by atoms with Gasteiger partial charge in [-0.3, -0.25) is 4.79 Å². The number of nitrogens with zero attached hydrogens (tertiary/aromatic N) is 1. The summed E-state index contributed by atoms with van der Waals surface area (Å²) in [5.74, 6) is -0.898. The van der Waals surface area contributed by atoms with Gasteiger partial charge in [0, 0.05) is 41.0 Å². The van der Waals surface area contributed by atoms with Crippen LogP contribution in [0.15, 0.2) is 70.2 Å². The minimum absolute atomic E-state index is 0.0224. The van der Waals surface area contributed by atoms with Gasteiger partial charge in [-0.2, -0.15) is 4.72 Å². The predicted molar refractivity (Wildman–Crippen MR) is 114 cm³/mol. The van der Waals surface area contributed by atoms with Crippen molar-refractivity contribution < 1.29 is 22.4 Å². The molecule has 0 saturated heterocycles. The third-order valence-corrected chi connectivity index (χ3v) is 6.48. The lowest BCUT2D eigenvalue weighted by Crippen LogP contribution is -2.44. The quantitative estimate of drug-likeness (QED) is 0.473. The molecule has 0 spiro atoms. The van der Waals surface area contributed by atoms with E-state index in [9.17, 15) is 13.2 Å². The molecule has 156 valence electrons. The zero-order chi connectivity index (χ0) is 21.5. The molecule has 4 aromatic rings. The average molecular weight is 426 g/mol. The number of esters is 1. The topological polar surface area (TPSA) is 90.5 Å².